The van der Waals surface area contributed by atoms with Crippen molar-refractivity contribution in [3.05, 3.63) is 30.5 Å². The van der Waals surface area contributed by atoms with E-state index in [4.69, 9.17) is 16.2 Å². The number of rotatable bonds is 3. The largest absolute Gasteiger partial charge is 0.479 e. The van der Waals surface area contributed by atoms with Crippen molar-refractivity contribution in [1.82, 2.24) is 4.98 Å². The number of nitrogens with zero attached hydrogens (tertiary/aromatic N) is 1. The average molecular weight is 231 g/mol. The number of primary amides is 1. The van der Waals surface area contributed by atoms with Gasteiger partial charge >= 0.3 is 0 Å². The Labute approximate surface area is 98.4 Å². The minimum Gasteiger partial charge on any atom is -0.479 e. The van der Waals surface area contributed by atoms with Gasteiger partial charge in [0.2, 0.25) is 0 Å². The van der Waals surface area contributed by atoms with Crippen molar-refractivity contribution in [2.45, 2.75) is 13.0 Å². The van der Waals surface area contributed by atoms with Crippen molar-refractivity contribution in [3.8, 4) is 5.75 Å². The van der Waals surface area contributed by atoms with E-state index in [0.29, 0.717) is 17.0 Å². The number of aromatic nitrogens is 1. The van der Waals surface area contributed by atoms with Crippen LogP contribution in [0.15, 0.2) is 30.5 Å². The molecule has 1 unspecified atom stereocenters. The van der Waals surface area contributed by atoms with Crippen molar-refractivity contribution in [1.29, 1.82) is 0 Å². The lowest BCUT2D eigenvalue weighted by Gasteiger charge is -2.13. The number of benzene rings is 1. The lowest BCUT2D eigenvalue weighted by molar-refractivity contribution is -0.123. The van der Waals surface area contributed by atoms with Gasteiger partial charge in [-0.3, -0.25) is 9.78 Å². The van der Waals surface area contributed by atoms with E-state index in [1.54, 1.807) is 31.3 Å². The van der Waals surface area contributed by atoms with Crippen molar-refractivity contribution >= 4 is 22.5 Å². The lowest BCUT2D eigenvalue weighted by atomic mass is 10.1. The molecule has 1 aromatic heterocycles. The second-order valence-corrected chi connectivity index (χ2v) is 3.71. The third-order valence-corrected chi connectivity index (χ3v) is 2.47. The summed E-state index contributed by atoms with van der Waals surface area (Å²) in [6, 6.07) is 7.04. The number of hydrogen-bond donors (Lipinski definition) is 2. The van der Waals surface area contributed by atoms with Crippen LogP contribution in [0, 0.1) is 0 Å². The quantitative estimate of drug-likeness (QED) is 0.773. The van der Waals surface area contributed by atoms with E-state index < -0.39 is 12.0 Å². The monoisotopic (exact) mass is 231 g/mol. The molecule has 0 saturated carbocycles. The topological polar surface area (TPSA) is 91.2 Å². The molecular formula is C12H13N3O2. The molecule has 1 heterocycles. The summed E-state index contributed by atoms with van der Waals surface area (Å²) in [6.07, 6.45) is 0.938. The molecule has 0 aliphatic carbocycles. The fourth-order valence-electron chi connectivity index (χ4n) is 1.51. The number of carbonyl (C=O) groups excluding carboxylic acids is 1. The Morgan fingerprint density at radius 2 is 2.18 bits per heavy atom. The highest BCUT2D eigenvalue weighted by atomic mass is 16.5. The predicted molar refractivity (Wildman–Crippen MR) is 65.4 cm³/mol. The number of ether oxygens (including phenoxy) is 1. The molecule has 5 nitrogen and oxygen atoms in total. The Morgan fingerprint density at radius 3 is 2.88 bits per heavy atom. The van der Waals surface area contributed by atoms with Crippen molar-refractivity contribution < 1.29 is 9.53 Å². The van der Waals surface area contributed by atoms with Crippen molar-refractivity contribution in [2.24, 2.45) is 5.73 Å². The molecule has 1 aromatic carbocycles. The van der Waals surface area contributed by atoms with Gasteiger partial charge < -0.3 is 16.2 Å². The van der Waals surface area contributed by atoms with E-state index in [2.05, 4.69) is 4.98 Å². The summed E-state index contributed by atoms with van der Waals surface area (Å²) in [7, 11) is 0. The summed E-state index contributed by atoms with van der Waals surface area (Å²) in [5.41, 5.74) is 12.2. The van der Waals surface area contributed by atoms with Crippen LogP contribution in [-0.4, -0.2) is 17.0 Å². The summed E-state index contributed by atoms with van der Waals surface area (Å²) in [4.78, 5) is 15.2. The summed E-state index contributed by atoms with van der Waals surface area (Å²) in [6.45, 7) is 1.59. The van der Waals surface area contributed by atoms with E-state index in [0.717, 1.165) is 5.39 Å². The van der Waals surface area contributed by atoms with Gasteiger partial charge in [-0.25, -0.2) is 0 Å². The second kappa shape index (κ2) is 4.29. The summed E-state index contributed by atoms with van der Waals surface area (Å²) in [5.74, 6) is -0.0213. The average Bonchev–Trinajstić information content (AvgIpc) is 2.33. The van der Waals surface area contributed by atoms with Gasteiger partial charge in [-0.05, 0) is 31.2 Å². The zero-order valence-corrected chi connectivity index (χ0v) is 9.38. The van der Waals surface area contributed by atoms with E-state index in [9.17, 15) is 4.79 Å². The van der Waals surface area contributed by atoms with Crippen LogP contribution in [-0.2, 0) is 4.79 Å². The van der Waals surface area contributed by atoms with Gasteiger partial charge in [0, 0.05) is 17.3 Å². The van der Waals surface area contributed by atoms with Gasteiger partial charge in [0.05, 0.1) is 0 Å². The van der Waals surface area contributed by atoms with Crippen LogP contribution >= 0.6 is 0 Å². The number of hydrogen-bond acceptors (Lipinski definition) is 4. The van der Waals surface area contributed by atoms with Gasteiger partial charge in [0.25, 0.3) is 5.91 Å². The van der Waals surface area contributed by atoms with Crippen LogP contribution in [0.4, 0.5) is 5.69 Å². The standard InChI is InChI=1S/C12H13N3O2/c1-7(12(14)16)17-10-5-4-9(13)8-3-2-6-15-11(8)10/h2-7H,13H2,1H3,(H2,14,16). The Hall–Kier alpha value is -2.30. The van der Waals surface area contributed by atoms with Crippen LogP contribution in [0.5, 0.6) is 5.75 Å². The fraction of sp³-hybridized carbons (Fsp3) is 0.167. The zero-order valence-electron chi connectivity index (χ0n) is 9.38. The molecule has 0 radical (unpaired) electrons. The highest BCUT2D eigenvalue weighted by Gasteiger charge is 2.13. The van der Waals surface area contributed by atoms with Gasteiger partial charge in [-0.1, -0.05) is 0 Å². The Kier molecular flexibility index (Phi) is 2.82. The molecule has 0 aliphatic rings. The van der Waals surface area contributed by atoms with E-state index >= 15 is 0 Å². The summed E-state index contributed by atoms with van der Waals surface area (Å²) in [5, 5.41) is 0.793. The zero-order chi connectivity index (χ0) is 12.4. The number of anilines is 1. The molecule has 2 aromatic rings. The molecule has 1 atom stereocenters. The van der Waals surface area contributed by atoms with Crippen LogP contribution in [0.1, 0.15) is 6.92 Å². The fourth-order valence-corrected chi connectivity index (χ4v) is 1.51. The minimum atomic E-state index is -0.705. The second-order valence-electron chi connectivity index (χ2n) is 3.71. The normalized spacial score (nSPS) is 12.3. The van der Waals surface area contributed by atoms with Crippen LogP contribution in [0.3, 0.4) is 0 Å². The van der Waals surface area contributed by atoms with Crippen molar-refractivity contribution in [2.75, 3.05) is 5.73 Å². The Bertz CT molecular complexity index is 569. The van der Waals surface area contributed by atoms with Crippen LogP contribution in [0.2, 0.25) is 0 Å². The minimum absolute atomic E-state index is 0.501. The molecule has 2 rings (SSSR count). The van der Waals surface area contributed by atoms with E-state index in [1.807, 2.05) is 6.07 Å². The molecule has 0 aliphatic heterocycles. The number of amides is 1. The number of pyridine rings is 1. The molecule has 5 heteroatoms. The van der Waals surface area contributed by atoms with E-state index in [1.165, 1.54) is 0 Å². The maximum atomic E-state index is 11.0. The molecule has 88 valence electrons. The van der Waals surface area contributed by atoms with E-state index in [-0.39, 0.29) is 0 Å². The summed E-state index contributed by atoms with van der Waals surface area (Å²) >= 11 is 0. The number of carbonyl (C=O) groups is 1. The number of fused-ring (bicyclic) bond motifs is 1. The highest BCUT2D eigenvalue weighted by molar-refractivity contribution is 5.94. The first-order valence-corrected chi connectivity index (χ1v) is 5.19. The highest BCUT2D eigenvalue weighted by Crippen LogP contribution is 2.28. The lowest BCUT2D eigenvalue weighted by Crippen LogP contribution is -2.30. The maximum absolute atomic E-state index is 11.0. The SMILES string of the molecule is CC(Oc1ccc(N)c2cccnc12)C(N)=O. The number of nitrogen functional groups attached to an aromatic ring is 1. The van der Waals surface area contributed by atoms with Crippen LogP contribution in [0.25, 0.3) is 10.9 Å². The van der Waals surface area contributed by atoms with Crippen molar-refractivity contribution in [3.63, 3.8) is 0 Å². The third-order valence-electron chi connectivity index (χ3n) is 2.47. The maximum Gasteiger partial charge on any atom is 0.258 e. The first-order chi connectivity index (χ1) is 8.09. The summed E-state index contributed by atoms with van der Waals surface area (Å²) < 4.78 is 5.45. The molecule has 4 N–H and O–H groups in total. The van der Waals surface area contributed by atoms with Crippen LogP contribution < -0.4 is 16.2 Å². The van der Waals surface area contributed by atoms with Gasteiger partial charge in [-0.15, -0.1) is 0 Å². The predicted octanol–water partition coefficient (Wildman–Crippen LogP) is 1.07. The Balaban J connectivity index is 2.48. The number of nitrogens with two attached hydrogens (primary N) is 2. The molecule has 0 bridgehead atoms. The Morgan fingerprint density at radius 1 is 1.41 bits per heavy atom. The van der Waals surface area contributed by atoms with Gasteiger partial charge in [0.15, 0.2) is 6.10 Å². The van der Waals surface area contributed by atoms with Gasteiger partial charge in [-0.2, -0.15) is 0 Å². The first-order valence-electron chi connectivity index (χ1n) is 5.19. The molecule has 17 heavy (non-hydrogen) atoms. The first kappa shape index (κ1) is 11.2. The molecule has 0 fully saturated rings. The molecule has 1 amide bonds. The molecule has 0 spiro atoms. The smallest absolute Gasteiger partial charge is 0.258 e. The van der Waals surface area contributed by atoms with Gasteiger partial charge in [0.1, 0.15) is 11.3 Å². The third kappa shape index (κ3) is 2.13. The molecular weight excluding hydrogens is 218 g/mol. The molecule has 0 saturated heterocycles.